The molecule has 3 heteroatoms. The standard InChI is InChI=1S/C2H6.CH2B3/c1-2;2-1-4-3/h1-2H3;1H2. The summed E-state index contributed by atoms with van der Waals surface area (Å²) >= 11 is 0. The topological polar surface area (TPSA) is 0 Å². The molecule has 5 radical (unpaired) electrons. The van der Waals surface area contributed by atoms with Crippen LogP contribution < -0.4 is 0 Å². The molecule has 6 heavy (non-hydrogen) atoms. The average molecular weight is 76.5 g/mol. The Bertz CT molecular complexity index is 8.00. The van der Waals surface area contributed by atoms with Crippen molar-refractivity contribution in [3.05, 3.63) is 0 Å². The highest BCUT2D eigenvalue weighted by Crippen LogP contribution is 1.49. The van der Waals surface area contributed by atoms with Gasteiger partial charge in [-0.2, -0.15) is 0 Å². The third-order valence-corrected chi connectivity index (χ3v) is 0.136. The molecule has 0 aromatic rings. The second kappa shape index (κ2) is 19.0. The molecule has 0 spiro atoms. The molecule has 0 bridgehead atoms. The molecule has 29 valence electrons. The second-order valence-electron chi connectivity index (χ2n) is 0.471. The zero-order valence-corrected chi connectivity index (χ0v) is 4.44. The summed E-state index contributed by atoms with van der Waals surface area (Å²) in [6.07, 6.45) is 0.472. The maximum absolute atomic E-state index is 4.85. The maximum atomic E-state index is 4.85. The predicted molar refractivity (Wildman–Crippen MR) is 33.4 cm³/mol. The number of hydrogen-bond donors (Lipinski definition) is 0. The van der Waals surface area contributed by atoms with E-state index >= 15 is 0 Å². The van der Waals surface area contributed by atoms with Crippen molar-refractivity contribution in [2.45, 2.75) is 20.1 Å². The molecule has 0 aromatic heterocycles. The first kappa shape index (κ1) is 9.50. The SMILES string of the molecule is CC.[B][B]C[B]. The van der Waals surface area contributed by atoms with Gasteiger partial charge < -0.3 is 0 Å². The molecule has 0 heterocycles. The molecule has 0 fully saturated rings. The van der Waals surface area contributed by atoms with E-state index in [0.717, 1.165) is 0 Å². The molecule has 0 nitrogen and oxygen atoms in total. The highest BCUT2D eigenvalue weighted by molar-refractivity contribution is 6.91. The lowest BCUT2D eigenvalue weighted by Gasteiger charge is -1.64. The fraction of sp³-hybridized carbons (Fsp3) is 1.00. The van der Waals surface area contributed by atoms with Gasteiger partial charge >= 0.3 is 0 Å². The molecule has 0 amide bonds. The molecule has 0 rings (SSSR count). The minimum Gasteiger partial charge on any atom is -0.122 e. The lowest BCUT2D eigenvalue weighted by Crippen LogP contribution is -1.82. The van der Waals surface area contributed by atoms with Crippen molar-refractivity contribution < 1.29 is 0 Å². The maximum Gasteiger partial charge on any atom is 0.0533 e. The highest BCUT2D eigenvalue weighted by atomic mass is 13.0. The van der Waals surface area contributed by atoms with Gasteiger partial charge in [-0.3, -0.25) is 0 Å². The first-order valence-corrected chi connectivity index (χ1v) is 2.15. The summed E-state index contributed by atoms with van der Waals surface area (Å²) in [6.45, 7) is 4.00. The third kappa shape index (κ3) is 30.0. The van der Waals surface area contributed by atoms with Crippen LogP contribution in [0.3, 0.4) is 0 Å². The summed E-state index contributed by atoms with van der Waals surface area (Å²) in [5.74, 6) is 0. The van der Waals surface area contributed by atoms with E-state index in [2.05, 4.69) is 0 Å². The van der Waals surface area contributed by atoms with Gasteiger partial charge in [-0.05, 0) is 0 Å². The molecule has 0 N–H and O–H groups in total. The van der Waals surface area contributed by atoms with Gasteiger partial charge in [0.1, 0.15) is 0 Å². The summed E-state index contributed by atoms with van der Waals surface area (Å²) < 4.78 is 0. The van der Waals surface area contributed by atoms with Crippen LogP contribution in [0.4, 0.5) is 0 Å². The summed E-state index contributed by atoms with van der Waals surface area (Å²) in [5, 5.41) is 0. The van der Waals surface area contributed by atoms with Crippen molar-refractivity contribution in [1.82, 2.24) is 0 Å². The smallest absolute Gasteiger partial charge is 0.0533 e. The third-order valence-electron chi connectivity index (χ3n) is 0.136. The minimum absolute atomic E-state index is 0.472. The molecular formula is C3H8B3. The largest absolute Gasteiger partial charge is 0.122 e. The summed E-state index contributed by atoms with van der Waals surface area (Å²) in [5.41, 5.74) is 0. The van der Waals surface area contributed by atoms with E-state index in [-0.39, 0.29) is 0 Å². The Balaban J connectivity index is 0. The van der Waals surface area contributed by atoms with Gasteiger partial charge in [-0.25, -0.2) is 0 Å². The number of hydrogen-bond acceptors (Lipinski definition) is 0. The molecule has 0 saturated heterocycles. The Hall–Kier alpha value is 0.195. The lowest BCUT2D eigenvalue weighted by molar-refractivity contribution is 1.50. The fourth-order valence-electron chi connectivity index (χ4n) is 0. The van der Waals surface area contributed by atoms with Crippen LogP contribution in [0.2, 0.25) is 6.22 Å². The van der Waals surface area contributed by atoms with Crippen LogP contribution in [0.5, 0.6) is 0 Å². The molecule has 0 aliphatic carbocycles. The molecule has 0 atom stereocenters. The van der Waals surface area contributed by atoms with E-state index in [1.807, 2.05) is 13.8 Å². The van der Waals surface area contributed by atoms with E-state index in [0.29, 0.717) is 6.22 Å². The second-order valence-corrected chi connectivity index (χ2v) is 0.471. The van der Waals surface area contributed by atoms with Crippen molar-refractivity contribution in [1.29, 1.82) is 0 Å². The minimum atomic E-state index is 0.472. The molecule has 0 aromatic carbocycles. The normalized spacial score (nSPS) is 5.00. The van der Waals surface area contributed by atoms with Crippen LogP contribution in [0.25, 0.3) is 0 Å². The van der Waals surface area contributed by atoms with E-state index < -0.39 is 0 Å². The van der Waals surface area contributed by atoms with E-state index in [1.54, 1.807) is 0 Å². The average Bonchev–Trinajstić information content (AvgIpc) is 1.72. The van der Waals surface area contributed by atoms with Crippen LogP contribution in [0.1, 0.15) is 13.8 Å². The van der Waals surface area contributed by atoms with Crippen LogP contribution in [-0.4, -0.2) is 22.8 Å². The van der Waals surface area contributed by atoms with E-state index in [9.17, 15) is 0 Å². The zero-order chi connectivity index (χ0) is 5.41. The van der Waals surface area contributed by atoms with E-state index in [4.69, 9.17) is 15.6 Å². The Morgan fingerprint density at radius 3 is 1.67 bits per heavy atom. The number of rotatable bonds is 1. The first-order chi connectivity index (χ1) is 2.91. The Labute approximate surface area is 43.7 Å². The molecule has 0 aliphatic heterocycles. The van der Waals surface area contributed by atoms with Crippen LogP contribution in [-0.2, 0) is 0 Å². The predicted octanol–water partition coefficient (Wildman–Crippen LogP) is 0.345. The Kier molecular flexibility index (Phi) is 30.0. The molecule has 0 saturated carbocycles. The fourth-order valence-corrected chi connectivity index (χ4v) is 0. The summed E-state index contributed by atoms with van der Waals surface area (Å²) in [7, 11) is 11.0. The zero-order valence-electron chi connectivity index (χ0n) is 4.44. The van der Waals surface area contributed by atoms with Crippen LogP contribution in [0.15, 0.2) is 0 Å². The summed E-state index contributed by atoms with van der Waals surface area (Å²) in [4.78, 5) is 0. The van der Waals surface area contributed by atoms with Crippen LogP contribution >= 0.6 is 0 Å². The molecule has 0 aliphatic rings. The van der Waals surface area contributed by atoms with Crippen LogP contribution in [0, 0.1) is 0 Å². The Morgan fingerprint density at radius 1 is 1.50 bits per heavy atom. The van der Waals surface area contributed by atoms with Gasteiger partial charge in [0.15, 0.2) is 0 Å². The van der Waals surface area contributed by atoms with Crippen molar-refractivity contribution in [3.63, 3.8) is 0 Å². The lowest BCUT2D eigenvalue weighted by atomic mass is 9.49. The first-order valence-electron chi connectivity index (χ1n) is 2.15. The Morgan fingerprint density at radius 2 is 1.67 bits per heavy atom. The summed E-state index contributed by atoms with van der Waals surface area (Å²) in [6, 6.07) is 0. The molecular weight excluding hydrogens is 68.5 g/mol. The van der Waals surface area contributed by atoms with E-state index in [1.165, 1.54) is 7.17 Å². The van der Waals surface area contributed by atoms with Gasteiger partial charge in [-0.1, -0.05) is 13.8 Å². The monoisotopic (exact) mass is 77.1 g/mol. The van der Waals surface area contributed by atoms with Crippen molar-refractivity contribution in [3.8, 4) is 0 Å². The highest BCUT2D eigenvalue weighted by Gasteiger charge is 1.60. The van der Waals surface area contributed by atoms with Crippen molar-refractivity contribution in [2.24, 2.45) is 0 Å². The van der Waals surface area contributed by atoms with Gasteiger partial charge in [0.25, 0.3) is 0 Å². The van der Waals surface area contributed by atoms with Gasteiger partial charge in [0.2, 0.25) is 0 Å². The van der Waals surface area contributed by atoms with Crippen molar-refractivity contribution in [2.75, 3.05) is 0 Å². The van der Waals surface area contributed by atoms with Gasteiger partial charge in [0, 0.05) is 14.9 Å². The van der Waals surface area contributed by atoms with Crippen molar-refractivity contribution >= 4 is 22.8 Å². The molecule has 0 unspecified atom stereocenters. The quantitative estimate of drug-likeness (QED) is 0.395. The van der Waals surface area contributed by atoms with Gasteiger partial charge in [0.05, 0.1) is 7.85 Å². The van der Waals surface area contributed by atoms with Gasteiger partial charge in [-0.15, -0.1) is 6.22 Å².